The van der Waals surface area contributed by atoms with Gasteiger partial charge in [0.2, 0.25) is 0 Å². The van der Waals surface area contributed by atoms with E-state index in [1.807, 2.05) is 24.3 Å². The molecule has 0 radical (unpaired) electrons. The van der Waals surface area contributed by atoms with Gasteiger partial charge in [0.1, 0.15) is 36.2 Å². The quantitative estimate of drug-likeness (QED) is 0.201. The lowest BCUT2D eigenvalue weighted by Gasteiger charge is -2.37. The fraction of sp³-hybridized carbons (Fsp3) is 0.371. The third-order valence-corrected chi connectivity index (χ3v) is 10.3. The van der Waals surface area contributed by atoms with Gasteiger partial charge >= 0.3 is 5.69 Å². The second-order valence-electron chi connectivity index (χ2n) is 12.6. The van der Waals surface area contributed by atoms with Gasteiger partial charge in [0.25, 0.3) is 0 Å². The summed E-state index contributed by atoms with van der Waals surface area (Å²) in [5, 5.41) is 18.2. The smallest absolute Gasteiger partial charge is 0.350 e. The van der Waals surface area contributed by atoms with Crippen LogP contribution in [0.3, 0.4) is 0 Å². The maximum atomic E-state index is 14.9. The van der Waals surface area contributed by atoms with Gasteiger partial charge in [-0.25, -0.2) is 32.5 Å². The van der Waals surface area contributed by atoms with Gasteiger partial charge in [0, 0.05) is 59.8 Å². The van der Waals surface area contributed by atoms with Gasteiger partial charge < -0.3 is 24.4 Å². The zero-order valence-corrected chi connectivity index (χ0v) is 28.5. The highest BCUT2D eigenvalue weighted by Crippen LogP contribution is 2.38. The van der Waals surface area contributed by atoms with E-state index in [1.165, 1.54) is 40.4 Å². The molecule has 0 aliphatic carbocycles. The van der Waals surface area contributed by atoms with Crippen LogP contribution < -0.4 is 15.5 Å². The van der Waals surface area contributed by atoms with E-state index in [0.717, 1.165) is 54.2 Å². The summed E-state index contributed by atoms with van der Waals surface area (Å²) in [6.07, 6.45) is 3.11. The molecule has 5 aromatic rings. The Hall–Kier alpha value is -4.57. The second-order valence-corrected chi connectivity index (χ2v) is 13.7. The summed E-state index contributed by atoms with van der Waals surface area (Å²) in [5.74, 6) is -0.871. The third kappa shape index (κ3) is 7.03. The highest BCUT2D eigenvalue weighted by Gasteiger charge is 2.45. The molecule has 4 atom stereocenters. The van der Waals surface area contributed by atoms with Crippen LogP contribution in [0.5, 0.6) is 0 Å². The van der Waals surface area contributed by atoms with Crippen molar-refractivity contribution >= 4 is 23.1 Å². The first-order valence-electron chi connectivity index (χ1n) is 16.4. The average molecular weight is 705 g/mol. The predicted molar refractivity (Wildman–Crippen MR) is 185 cm³/mol. The van der Waals surface area contributed by atoms with Gasteiger partial charge in [0.05, 0.1) is 31.0 Å². The van der Waals surface area contributed by atoms with Crippen LogP contribution in [0.2, 0.25) is 0 Å². The van der Waals surface area contributed by atoms with E-state index in [9.17, 15) is 18.7 Å². The van der Waals surface area contributed by atoms with Gasteiger partial charge in [-0.1, -0.05) is 6.07 Å². The minimum Gasteiger partial charge on any atom is -0.391 e. The van der Waals surface area contributed by atoms with Crippen LogP contribution in [0.15, 0.2) is 95.4 Å². The number of halogens is 2. The van der Waals surface area contributed by atoms with E-state index in [2.05, 4.69) is 49.2 Å². The van der Waals surface area contributed by atoms with Crippen LogP contribution in [0.25, 0.3) is 5.69 Å². The van der Waals surface area contributed by atoms with Gasteiger partial charge in [-0.2, -0.15) is 10.2 Å². The van der Waals surface area contributed by atoms with E-state index in [1.54, 1.807) is 30.3 Å². The monoisotopic (exact) mass is 704 g/mol. The normalized spacial score (nSPS) is 20.7. The standard InChI is InChI=1S/C35H38F2N8O4S/c1-24(25(2)46)45-34(47)44(23-40-45)29-6-4-27(5-7-29)41-13-15-42(16-14-41)28-8-10-30(11-9-28)50-18-33-48-20-35(49-33,19-43-22-38-21-39-43)31-12-3-26(36)17-32(31)37/h3-12,17,21-25,33,46H,13-16,18-20H2,1-2H3. The lowest BCUT2D eigenvalue weighted by Crippen LogP contribution is -2.46. The Bertz CT molecular complexity index is 1950. The molecule has 262 valence electrons. The Morgan fingerprint density at radius 2 is 1.58 bits per heavy atom. The summed E-state index contributed by atoms with van der Waals surface area (Å²) < 4.78 is 45.3. The predicted octanol–water partition coefficient (Wildman–Crippen LogP) is 4.23. The average Bonchev–Trinajstić information content (AvgIpc) is 3.88. The number of nitrogens with zero attached hydrogens (tertiary/aromatic N) is 8. The summed E-state index contributed by atoms with van der Waals surface area (Å²) in [5.41, 5.74) is 1.70. The van der Waals surface area contributed by atoms with Crippen molar-refractivity contribution in [2.75, 3.05) is 48.3 Å². The number of hydrogen-bond acceptors (Lipinski definition) is 10. The highest BCUT2D eigenvalue weighted by molar-refractivity contribution is 7.99. The SMILES string of the molecule is CC(O)C(C)n1ncn(-c2ccc(N3CCN(c4ccc(SCC5OCC(Cn6cncn6)(c6ccc(F)cc6F)O5)cc4)CC3)cc2)c1=O. The lowest BCUT2D eigenvalue weighted by molar-refractivity contribution is -0.0848. The molecular weight excluding hydrogens is 667 g/mol. The van der Waals surface area contributed by atoms with Crippen LogP contribution in [0.1, 0.15) is 25.5 Å². The number of aromatic nitrogens is 6. The Morgan fingerprint density at radius 1 is 0.920 bits per heavy atom. The Kier molecular flexibility index (Phi) is 9.73. The molecule has 50 heavy (non-hydrogen) atoms. The summed E-state index contributed by atoms with van der Waals surface area (Å²) in [4.78, 5) is 22.5. The molecule has 15 heteroatoms. The maximum Gasteiger partial charge on any atom is 0.350 e. The molecule has 2 aliphatic rings. The van der Waals surface area contributed by atoms with E-state index >= 15 is 0 Å². The molecule has 2 aliphatic heterocycles. The van der Waals surface area contributed by atoms with Crippen LogP contribution in [-0.2, 0) is 21.6 Å². The van der Waals surface area contributed by atoms with E-state index < -0.39 is 35.7 Å². The second kappa shape index (κ2) is 14.3. The van der Waals surface area contributed by atoms with Crippen molar-refractivity contribution in [2.24, 2.45) is 0 Å². The minimum atomic E-state index is -1.17. The number of hydrogen-bond donors (Lipinski definition) is 1. The van der Waals surface area contributed by atoms with E-state index in [4.69, 9.17) is 9.47 Å². The number of benzene rings is 3. The van der Waals surface area contributed by atoms with Gasteiger partial charge in [-0.15, -0.1) is 11.8 Å². The van der Waals surface area contributed by atoms with Crippen LogP contribution >= 0.6 is 11.8 Å². The van der Waals surface area contributed by atoms with E-state index in [0.29, 0.717) is 5.75 Å². The maximum absolute atomic E-state index is 14.9. The molecule has 0 amide bonds. The summed E-state index contributed by atoms with van der Waals surface area (Å²) in [6, 6.07) is 19.3. The minimum absolute atomic E-state index is 0.0888. The van der Waals surface area contributed by atoms with Crippen molar-refractivity contribution in [3.63, 3.8) is 0 Å². The molecule has 0 spiro atoms. The number of thioether (sulfide) groups is 1. The van der Waals surface area contributed by atoms with Crippen molar-refractivity contribution in [3.8, 4) is 5.69 Å². The lowest BCUT2D eigenvalue weighted by atomic mass is 9.94. The summed E-state index contributed by atoms with van der Waals surface area (Å²) in [7, 11) is 0. The molecule has 0 saturated carbocycles. The topological polar surface area (TPSA) is 116 Å². The molecule has 4 heterocycles. The van der Waals surface area contributed by atoms with Crippen molar-refractivity contribution < 1.29 is 23.4 Å². The fourth-order valence-corrected chi connectivity index (χ4v) is 7.14. The third-order valence-electron chi connectivity index (χ3n) is 9.30. The van der Waals surface area contributed by atoms with Crippen molar-refractivity contribution in [2.45, 2.75) is 49.3 Å². The summed E-state index contributed by atoms with van der Waals surface area (Å²) in [6.45, 7) is 7.07. The number of rotatable bonds is 11. The van der Waals surface area contributed by atoms with Crippen molar-refractivity contribution in [1.29, 1.82) is 0 Å². The number of anilines is 2. The van der Waals surface area contributed by atoms with Crippen LogP contribution in [-0.4, -0.2) is 85.2 Å². The zero-order valence-electron chi connectivity index (χ0n) is 27.7. The number of aliphatic hydroxyl groups is 1. The van der Waals surface area contributed by atoms with Crippen molar-refractivity contribution in [3.05, 3.63) is 113 Å². The largest absolute Gasteiger partial charge is 0.391 e. The summed E-state index contributed by atoms with van der Waals surface area (Å²) >= 11 is 1.58. The number of aliphatic hydroxyl groups excluding tert-OH is 1. The van der Waals surface area contributed by atoms with Gasteiger partial charge in [-0.05, 0) is 68.4 Å². The highest BCUT2D eigenvalue weighted by atomic mass is 32.2. The van der Waals surface area contributed by atoms with Crippen molar-refractivity contribution in [1.82, 2.24) is 29.1 Å². The van der Waals surface area contributed by atoms with Crippen LogP contribution in [0.4, 0.5) is 20.2 Å². The molecule has 1 N–H and O–H groups in total. The molecule has 3 aromatic carbocycles. The Morgan fingerprint density at radius 3 is 2.20 bits per heavy atom. The number of piperazine rings is 1. The molecule has 4 unspecified atom stereocenters. The molecule has 0 bridgehead atoms. The first-order chi connectivity index (χ1) is 24.2. The molecule has 2 saturated heterocycles. The first kappa shape index (κ1) is 33.9. The Balaban J connectivity index is 0.924. The fourth-order valence-electron chi connectivity index (χ4n) is 6.32. The van der Waals surface area contributed by atoms with Gasteiger partial charge in [-0.3, -0.25) is 0 Å². The molecule has 2 fully saturated rings. The number of ether oxygens (including phenoxy) is 2. The molecule has 12 nitrogen and oxygen atoms in total. The van der Waals surface area contributed by atoms with E-state index in [-0.39, 0.29) is 24.4 Å². The molecular formula is C35H38F2N8O4S. The first-order valence-corrected chi connectivity index (χ1v) is 17.4. The Labute approximate surface area is 291 Å². The zero-order chi connectivity index (χ0) is 34.8. The van der Waals surface area contributed by atoms with Gasteiger partial charge in [0.15, 0.2) is 6.29 Å². The molecule has 7 rings (SSSR count). The van der Waals surface area contributed by atoms with Crippen LogP contribution in [0, 0.1) is 11.6 Å². The molecule has 2 aromatic heterocycles.